The van der Waals surface area contributed by atoms with Crippen LogP contribution >= 0.6 is 12.4 Å². The van der Waals surface area contributed by atoms with E-state index in [1.54, 1.807) is 0 Å². The van der Waals surface area contributed by atoms with Crippen molar-refractivity contribution in [2.75, 3.05) is 6.61 Å². The smallest absolute Gasteiger partial charge is 0.0698 e. The molecule has 3 heteroatoms. The zero-order valence-electron chi connectivity index (χ0n) is 5.89. The van der Waals surface area contributed by atoms with Gasteiger partial charge in [-0.1, -0.05) is 13.8 Å². The lowest BCUT2D eigenvalue weighted by Gasteiger charge is -2.10. The maximum atomic E-state index is 4.97. The van der Waals surface area contributed by atoms with E-state index >= 15 is 0 Å². The maximum Gasteiger partial charge on any atom is 0.0698 e. The van der Waals surface area contributed by atoms with Gasteiger partial charge in [-0.2, -0.15) is 5.48 Å². The molecule has 1 unspecified atom stereocenters. The first-order chi connectivity index (χ1) is 3.80. The molecule has 0 spiro atoms. The Bertz CT molecular complexity index is 71.5. The lowest BCUT2D eigenvalue weighted by atomic mass is 10.0. The van der Waals surface area contributed by atoms with Gasteiger partial charge in [0.1, 0.15) is 0 Å². The van der Waals surface area contributed by atoms with Gasteiger partial charge in [-0.05, 0) is 12.3 Å². The average molecular weight is 152 g/mol. The topological polar surface area (TPSA) is 21.3 Å². The van der Waals surface area contributed by atoms with Gasteiger partial charge in [-0.15, -0.1) is 12.4 Å². The molecule has 2 nitrogen and oxygen atoms in total. The maximum absolute atomic E-state index is 4.97. The minimum Gasteiger partial charge on any atom is -0.301 e. The van der Waals surface area contributed by atoms with E-state index in [0.717, 1.165) is 13.0 Å². The van der Waals surface area contributed by atoms with Crippen LogP contribution in [-0.4, -0.2) is 12.6 Å². The van der Waals surface area contributed by atoms with Crippen LogP contribution in [0.15, 0.2) is 0 Å². The molecule has 1 fully saturated rings. The monoisotopic (exact) mass is 151 g/mol. The van der Waals surface area contributed by atoms with Crippen molar-refractivity contribution < 1.29 is 4.84 Å². The molecular weight excluding hydrogens is 138 g/mol. The van der Waals surface area contributed by atoms with Crippen LogP contribution in [0.5, 0.6) is 0 Å². The quantitative estimate of drug-likeness (QED) is 0.611. The molecule has 0 aromatic rings. The largest absolute Gasteiger partial charge is 0.301 e. The number of rotatable bonds is 1. The number of hydrogen-bond acceptors (Lipinski definition) is 2. The Morgan fingerprint density at radius 3 is 2.44 bits per heavy atom. The fourth-order valence-electron chi connectivity index (χ4n) is 0.880. The molecule has 1 rings (SSSR count). The first-order valence-corrected chi connectivity index (χ1v) is 3.18. The van der Waals surface area contributed by atoms with Crippen LogP contribution in [0.1, 0.15) is 20.3 Å². The van der Waals surface area contributed by atoms with Crippen molar-refractivity contribution in [1.29, 1.82) is 0 Å². The summed E-state index contributed by atoms with van der Waals surface area (Å²) in [6, 6.07) is 0.593. The standard InChI is InChI=1S/C6H13NO.ClH/c1-5(2)6-3-4-8-7-6;/h5-7H,3-4H2,1-2H3;1H. The van der Waals surface area contributed by atoms with Crippen LogP contribution in [0.2, 0.25) is 0 Å². The van der Waals surface area contributed by atoms with Crippen LogP contribution in [0.3, 0.4) is 0 Å². The van der Waals surface area contributed by atoms with Crippen molar-refractivity contribution in [3.05, 3.63) is 0 Å². The summed E-state index contributed by atoms with van der Waals surface area (Å²) in [5, 5.41) is 0. The number of hydrogen-bond donors (Lipinski definition) is 1. The second-order valence-corrected chi connectivity index (χ2v) is 2.61. The molecule has 9 heavy (non-hydrogen) atoms. The van der Waals surface area contributed by atoms with Crippen LogP contribution in [-0.2, 0) is 4.84 Å². The third-order valence-electron chi connectivity index (χ3n) is 1.57. The van der Waals surface area contributed by atoms with E-state index in [1.165, 1.54) is 0 Å². The second-order valence-electron chi connectivity index (χ2n) is 2.61. The highest BCUT2D eigenvalue weighted by Crippen LogP contribution is 2.09. The van der Waals surface area contributed by atoms with E-state index in [-0.39, 0.29) is 12.4 Å². The third-order valence-corrected chi connectivity index (χ3v) is 1.57. The summed E-state index contributed by atoms with van der Waals surface area (Å²) in [4.78, 5) is 4.97. The Morgan fingerprint density at radius 1 is 1.56 bits per heavy atom. The van der Waals surface area contributed by atoms with E-state index in [9.17, 15) is 0 Å². The van der Waals surface area contributed by atoms with Gasteiger partial charge in [0.05, 0.1) is 6.61 Å². The molecule has 0 amide bonds. The van der Waals surface area contributed by atoms with E-state index in [2.05, 4.69) is 19.3 Å². The van der Waals surface area contributed by atoms with Gasteiger partial charge < -0.3 is 4.84 Å². The van der Waals surface area contributed by atoms with Crippen LogP contribution < -0.4 is 5.48 Å². The fourth-order valence-corrected chi connectivity index (χ4v) is 0.880. The summed E-state index contributed by atoms with van der Waals surface area (Å²) >= 11 is 0. The summed E-state index contributed by atoms with van der Waals surface area (Å²) in [7, 11) is 0. The molecule has 1 aliphatic rings. The first kappa shape index (κ1) is 9.21. The Balaban J connectivity index is 0.000000640. The molecule has 1 aliphatic heterocycles. The Morgan fingerprint density at radius 2 is 2.22 bits per heavy atom. The molecule has 0 aromatic heterocycles. The summed E-state index contributed by atoms with van der Waals surface area (Å²) < 4.78 is 0. The third kappa shape index (κ3) is 2.52. The summed E-state index contributed by atoms with van der Waals surface area (Å²) in [5.74, 6) is 0.706. The highest BCUT2D eigenvalue weighted by atomic mass is 35.5. The summed E-state index contributed by atoms with van der Waals surface area (Å²) in [6.07, 6.45) is 1.16. The number of hydroxylamine groups is 1. The lowest BCUT2D eigenvalue weighted by Crippen LogP contribution is -2.25. The number of nitrogens with one attached hydrogen (secondary N) is 1. The highest BCUT2D eigenvalue weighted by Gasteiger charge is 2.17. The van der Waals surface area contributed by atoms with Crippen molar-refractivity contribution in [3.63, 3.8) is 0 Å². The molecule has 56 valence electrons. The Hall–Kier alpha value is 0.210. The molecule has 0 radical (unpaired) electrons. The fraction of sp³-hybridized carbons (Fsp3) is 1.00. The Labute approximate surface area is 62.3 Å². The van der Waals surface area contributed by atoms with Crippen molar-refractivity contribution in [1.82, 2.24) is 5.48 Å². The van der Waals surface area contributed by atoms with Crippen molar-refractivity contribution >= 4 is 12.4 Å². The van der Waals surface area contributed by atoms with Gasteiger partial charge in [0.25, 0.3) is 0 Å². The molecule has 0 bridgehead atoms. The summed E-state index contributed by atoms with van der Waals surface area (Å²) in [5.41, 5.74) is 2.96. The van der Waals surface area contributed by atoms with Gasteiger partial charge in [-0.25, -0.2) is 0 Å². The van der Waals surface area contributed by atoms with Crippen LogP contribution in [0, 0.1) is 5.92 Å². The molecule has 0 saturated carbocycles. The predicted molar refractivity (Wildman–Crippen MR) is 39.6 cm³/mol. The molecular formula is C6H14ClNO. The minimum atomic E-state index is 0. The van der Waals surface area contributed by atoms with Crippen molar-refractivity contribution in [2.24, 2.45) is 5.92 Å². The van der Waals surface area contributed by atoms with E-state index in [1.807, 2.05) is 0 Å². The van der Waals surface area contributed by atoms with E-state index in [4.69, 9.17) is 4.84 Å². The average Bonchev–Trinajstić information content (AvgIpc) is 2.12. The van der Waals surface area contributed by atoms with E-state index in [0.29, 0.717) is 12.0 Å². The van der Waals surface area contributed by atoms with Crippen molar-refractivity contribution in [3.8, 4) is 0 Å². The zero-order chi connectivity index (χ0) is 5.98. The molecule has 1 atom stereocenters. The molecule has 0 aromatic carbocycles. The molecule has 1 heterocycles. The normalized spacial score (nSPS) is 26.3. The minimum absolute atomic E-state index is 0. The molecule has 1 N–H and O–H groups in total. The van der Waals surface area contributed by atoms with Gasteiger partial charge in [-0.3, -0.25) is 0 Å². The highest BCUT2D eigenvalue weighted by molar-refractivity contribution is 5.85. The molecule has 1 saturated heterocycles. The Kier molecular flexibility index (Phi) is 4.19. The SMILES string of the molecule is CC(C)C1CCON1.Cl. The molecule has 0 aliphatic carbocycles. The van der Waals surface area contributed by atoms with Gasteiger partial charge >= 0.3 is 0 Å². The first-order valence-electron chi connectivity index (χ1n) is 3.18. The van der Waals surface area contributed by atoms with Gasteiger partial charge in [0.15, 0.2) is 0 Å². The second kappa shape index (κ2) is 4.09. The lowest BCUT2D eigenvalue weighted by molar-refractivity contribution is 0.0807. The van der Waals surface area contributed by atoms with Crippen LogP contribution in [0.25, 0.3) is 0 Å². The van der Waals surface area contributed by atoms with Crippen LogP contribution in [0.4, 0.5) is 0 Å². The van der Waals surface area contributed by atoms with Crippen molar-refractivity contribution in [2.45, 2.75) is 26.3 Å². The predicted octanol–water partition coefficient (Wildman–Crippen LogP) is 1.36. The van der Waals surface area contributed by atoms with Gasteiger partial charge in [0, 0.05) is 6.04 Å². The number of halogens is 1. The van der Waals surface area contributed by atoms with Gasteiger partial charge in [0.2, 0.25) is 0 Å². The zero-order valence-corrected chi connectivity index (χ0v) is 6.70. The van der Waals surface area contributed by atoms with E-state index < -0.39 is 0 Å². The summed E-state index contributed by atoms with van der Waals surface area (Å²) in [6.45, 7) is 5.28.